The number of esters is 1. The van der Waals surface area contributed by atoms with Crippen molar-refractivity contribution in [2.75, 3.05) is 5.32 Å². The first-order chi connectivity index (χ1) is 15.2. The molecule has 164 valence electrons. The lowest BCUT2D eigenvalue weighted by Gasteiger charge is -2.13. The van der Waals surface area contributed by atoms with Crippen LogP contribution in [0.3, 0.4) is 0 Å². The van der Waals surface area contributed by atoms with Crippen molar-refractivity contribution in [2.24, 2.45) is 0 Å². The fraction of sp³-hybridized carbons (Fsp3) is 0.136. The van der Waals surface area contributed by atoms with E-state index in [1.54, 1.807) is 35.0 Å². The third kappa shape index (κ3) is 4.61. The van der Waals surface area contributed by atoms with Gasteiger partial charge in [0.15, 0.2) is 6.10 Å². The van der Waals surface area contributed by atoms with Gasteiger partial charge in [-0.25, -0.2) is 9.48 Å². The fourth-order valence-electron chi connectivity index (χ4n) is 3.00. The average Bonchev–Trinajstić information content (AvgIpc) is 3.31. The average molecular weight is 509 g/mol. The Labute approximate surface area is 202 Å². The Morgan fingerprint density at radius 2 is 1.75 bits per heavy atom. The van der Waals surface area contributed by atoms with Crippen molar-refractivity contribution >= 4 is 73.9 Å². The molecule has 1 unspecified atom stereocenters. The van der Waals surface area contributed by atoms with E-state index >= 15 is 0 Å². The third-order valence-electron chi connectivity index (χ3n) is 4.66. The number of carbonyl (C=O) groups is 2. The highest BCUT2D eigenvalue weighted by atomic mass is 35.5. The highest BCUT2D eigenvalue weighted by molar-refractivity contribution is 7.20. The van der Waals surface area contributed by atoms with Crippen LogP contribution in [0.4, 0.5) is 5.69 Å². The van der Waals surface area contributed by atoms with Gasteiger partial charge in [0.05, 0.1) is 22.1 Å². The number of aryl methyl sites for hydroxylation is 1. The number of hydrogen-bond acceptors (Lipinski definition) is 5. The van der Waals surface area contributed by atoms with Crippen molar-refractivity contribution in [3.63, 3.8) is 0 Å². The van der Waals surface area contributed by atoms with Crippen LogP contribution in [-0.4, -0.2) is 27.8 Å². The predicted molar refractivity (Wildman–Crippen MR) is 129 cm³/mol. The molecule has 1 amide bonds. The first-order valence-corrected chi connectivity index (χ1v) is 11.4. The summed E-state index contributed by atoms with van der Waals surface area (Å²) in [6.45, 7) is 3.35. The van der Waals surface area contributed by atoms with Gasteiger partial charge in [-0.2, -0.15) is 5.10 Å². The Morgan fingerprint density at radius 3 is 2.44 bits per heavy atom. The topological polar surface area (TPSA) is 73.2 Å². The summed E-state index contributed by atoms with van der Waals surface area (Å²) in [6, 6.07) is 13.7. The van der Waals surface area contributed by atoms with E-state index in [-0.39, 0.29) is 5.02 Å². The Balaban J connectivity index is 1.51. The normalized spacial score (nSPS) is 12.0. The molecule has 6 nitrogen and oxygen atoms in total. The fourth-order valence-corrected chi connectivity index (χ4v) is 4.65. The number of anilines is 1. The third-order valence-corrected chi connectivity index (χ3v) is 6.55. The van der Waals surface area contributed by atoms with Crippen LogP contribution in [0, 0.1) is 6.92 Å². The van der Waals surface area contributed by atoms with Crippen molar-refractivity contribution in [1.29, 1.82) is 0 Å². The summed E-state index contributed by atoms with van der Waals surface area (Å²) in [5, 5.41) is 9.37. The highest BCUT2D eigenvalue weighted by Gasteiger charge is 2.23. The molecule has 0 aliphatic rings. The first kappa shape index (κ1) is 22.6. The summed E-state index contributed by atoms with van der Waals surface area (Å²) < 4.78 is 7.13. The van der Waals surface area contributed by atoms with Gasteiger partial charge in [0.2, 0.25) is 0 Å². The minimum atomic E-state index is -1.03. The molecule has 10 heteroatoms. The van der Waals surface area contributed by atoms with Crippen LogP contribution in [-0.2, 0) is 9.53 Å². The molecule has 0 aliphatic carbocycles. The van der Waals surface area contributed by atoms with Crippen LogP contribution in [0.5, 0.6) is 0 Å². The van der Waals surface area contributed by atoms with Gasteiger partial charge >= 0.3 is 5.97 Å². The molecule has 0 saturated heterocycles. The second kappa shape index (κ2) is 9.11. The maximum Gasteiger partial charge on any atom is 0.349 e. The minimum Gasteiger partial charge on any atom is -0.448 e. The molecule has 0 spiro atoms. The zero-order valence-corrected chi connectivity index (χ0v) is 19.9. The summed E-state index contributed by atoms with van der Waals surface area (Å²) in [7, 11) is 0. The molecule has 0 aliphatic heterocycles. The van der Waals surface area contributed by atoms with Crippen LogP contribution >= 0.6 is 46.1 Å². The van der Waals surface area contributed by atoms with Crippen LogP contribution in [0.2, 0.25) is 15.1 Å². The Morgan fingerprint density at radius 1 is 1.06 bits per heavy atom. The lowest BCUT2D eigenvalue weighted by molar-refractivity contribution is -0.123. The van der Waals surface area contributed by atoms with Gasteiger partial charge in [-0.3, -0.25) is 4.79 Å². The number of ether oxygens (including phenoxy) is 1. The zero-order chi connectivity index (χ0) is 23.0. The van der Waals surface area contributed by atoms with E-state index < -0.39 is 18.0 Å². The number of rotatable bonds is 5. The van der Waals surface area contributed by atoms with Gasteiger partial charge in [0, 0.05) is 15.4 Å². The maximum atomic E-state index is 12.7. The van der Waals surface area contributed by atoms with E-state index in [9.17, 15) is 9.59 Å². The molecule has 0 saturated carbocycles. The van der Waals surface area contributed by atoms with Crippen LogP contribution < -0.4 is 5.32 Å². The number of fused-ring (bicyclic) bond motifs is 1. The van der Waals surface area contributed by atoms with Gasteiger partial charge in [-0.05, 0) is 62.4 Å². The quantitative estimate of drug-likeness (QED) is 0.311. The van der Waals surface area contributed by atoms with Gasteiger partial charge in [0.25, 0.3) is 5.91 Å². The van der Waals surface area contributed by atoms with Crippen molar-refractivity contribution in [3.8, 4) is 5.69 Å². The SMILES string of the molecule is Cc1nn(-c2ccc(Cl)cc2)c2sc(C(=O)OC(C)C(=O)Nc3ccc(Cl)cc3Cl)cc12. The monoisotopic (exact) mass is 507 g/mol. The number of nitrogens with zero attached hydrogens (tertiary/aromatic N) is 2. The molecular formula is C22H16Cl3N3O3S. The van der Waals surface area contributed by atoms with E-state index in [1.807, 2.05) is 19.1 Å². The predicted octanol–water partition coefficient (Wildman–Crippen LogP) is 6.54. The van der Waals surface area contributed by atoms with Crippen molar-refractivity contribution < 1.29 is 14.3 Å². The van der Waals surface area contributed by atoms with E-state index in [0.29, 0.717) is 20.6 Å². The van der Waals surface area contributed by atoms with Crippen LogP contribution in [0.25, 0.3) is 15.9 Å². The number of nitrogens with one attached hydrogen (secondary N) is 1. The van der Waals surface area contributed by atoms with Crippen molar-refractivity contribution in [2.45, 2.75) is 20.0 Å². The summed E-state index contributed by atoms with van der Waals surface area (Å²) >= 11 is 19.2. The van der Waals surface area contributed by atoms with Crippen LogP contribution in [0.15, 0.2) is 48.5 Å². The van der Waals surface area contributed by atoms with Gasteiger partial charge < -0.3 is 10.1 Å². The number of amides is 1. The molecule has 4 rings (SSSR count). The Hall–Kier alpha value is -2.58. The summed E-state index contributed by atoms with van der Waals surface area (Å²) in [4.78, 5) is 26.3. The molecule has 2 heterocycles. The molecule has 0 fully saturated rings. The number of aromatic nitrogens is 2. The molecule has 2 aromatic carbocycles. The molecular weight excluding hydrogens is 493 g/mol. The first-order valence-electron chi connectivity index (χ1n) is 9.45. The summed E-state index contributed by atoms with van der Waals surface area (Å²) in [5.41, 5.74) is 1.97. The minimum absolute atomic E-state index is 0.288. The molecule has 2 aromatic heterocycles. The van der Waals surface area contributed by atoms with E-state index in [2.05, 4.69) is 10.4 Å². The molecule has 1 atom stereocenters. The molecule has 0 radical (unpaired) electrons. The molecule has 1 N–H and O–H groups in total. The van der Waals surface area contributed by atoms with E-state index in [0.717, 1.165) is 21.6 Å². The molecule has 4 aromatic rings. The van der Waals surface area contributed by atoms with Crippen molar-refractivity contribution in [1.82, 2.24) is 9.78 Å². The van der Waals surface area contributed by atoms with Gasteiger partial charge in [-0.1, -0.05) is 34.8 Å². The summed E-state index contributed by atoms with van der Waals surface area (Å²) in [6.07, 6.45) is -1.03. The van der Waals surface area contributed by atoms with Gasteiger partial charge in [-0.15, -0.1) is 11.3 Å². The second-order valence-electron chi connectivity index (χ2n) is 6.96. The number of hydrogen-bond donors (Lipinski definition) is 1. The number of halogens is 3. The maximum absolute atomic E-state index is 12.7. The lowest BCUT2D eigenvalue weighted by atomic mass is 10.3. The second-order valence-corrected chi connectivity index (χ2v) is 9.27. The Bertz CT molecular complexity index is 1330. The standard InChI is InChI=1S/C22H16Cl3N3O3S/c1-11-16-10-19(32-21(16)28(27-11)15-6-3-13(23)4-7-15)22(30)31-12(2)20(29)26-18-8-5-14(24)9-17(18)25/h3-10,12H,1-2H3,(H,26,29). The lowest BCUT2D eigenvalue weighted by Crippen LogP contribution is -2.29. The molecule has 0 bridgehead atoms. The number of carbonyl (C=O) groups excluding carboxylic acids is 2. The van der Waals surface area contributed by atoms with Crippen molar-refractivity contribution in [3.05, 3.63) is 74.2 Å². The number of thiophene rings is 1. The van der Waals surface area contributed by atoms with E-state index in [4.69, 9.17) is 39.5 Å². The Kier molecular flexibility index (Phi) is 6.44. The zero-order valence-electron chi connectivity index (χ0n) is 16.9. The smallest absolute Gasteiger partial charge is 0.349 e. The van der Waals surface area contributed by atoms with Gasteiger partial charge in [0.1, 0.15) is 9.71 Å². The van der Waals surface area contributed by atoms with Crippen LogP contribution in [0.1, 0.15) is 22.3 Å². The highest BCUT2D eigenvalue weighted by Crippen LogP contribution is 2.31. The molecule has 32 heavy (non-hydrogen) atoms. The van der Waals surface area contributed by atoms with E-state index in [1.165, 1.54) is 24.3 Å². The summed E-state index contributed by atoms with van der Waals surface area (Å²) in [5.74, 6) is -1.11. The number of benzene rings is 2. The largest absolute Gasteiger partial charge is 0.448 e.